The number of aryl methyl sites for hydroxylation is 1. The summed E-state index contributed by atoms with van der Waals surface area (Å²) in [6.45, 7) is 2.17. The summed E-state index contributed by atoms with van der Waals surface area (Å²) in [6.07, 6.45) is 0. The maximum absolute atomic E-state index is 10.0. The topological polar surface area (TPSA) is 29.5 Å². The standard InChI is InChI=1S/C21H18O2/c1-13-14-7-3-4-8-15(14)19(12-22)18-11-20(23-2)16-9-5-6-10-17(16)21(13)18/h3-11,22H,12H2,1-2H3. The summed E-state index contributed by atoms with van der Waals surface area (Å²) in [4.78, 5) is 0. The van der Waals surface area contributed by atoms with Gasteiger partial charge in [0, 0.05) is 5.39 Å². The van der Waals surface area contributed by atoms with Crippen LogP contribution in [-0.4, -0.2) is 12.2 Å². The minimum atomic E-state index is 0.0127. The van der Waals surface area contributed by atoms with E-state index in [0.29, 0.717) is 0 Å². The van der Waals surface area contributed by atoms with Gasteiger partial charge in [-0.2, -0.15) is 0 Å². The maximum Gasteiger partial charge on any atom is 0.127 e. The summed E-state index contributed by atoms with van der Waals surface area (Å²) < 4.78 is 5.61. The van der Waals surface area contributed by atoms with Gasteiger partial charge in [-0.3, -0.25) is 0 Å². The van der Waals surface area contributed by atoms with Gasteiger partial charge in [0.25, 0.3) is 0 Å². The van der Waals surface area contributed by atoms with Crippen molar-refractivity contribution < 1.29 is 9.84 Å². The van der Waals surface area contributed by atoms with Crippen LogP contribution < -0.4 is 4.74 Å². The molecule has 4 aromatic carbocycles. The van der Waals surface area contributed by atoms with E-state index < -0.39 is 0 Å². The Morgan fingerprint density at radius 1 is 0.826 bits per heavy atom. The minimum absolute atomic E-state index is 0.0127. The largest absolute Gasteiger partial charge is 0.496 e. The van der Waals surface area contributed by atoms with Crippen LogP contribution in [0.25, 0.3) is 32.3 Å². The first-order valence-corrected chi connectivity index (χ1v) is 7.76. The van der Waals surface area contributed by atoms with Crippen LogP contribution >= 0.6 is 0 Å². The molecule has 0 aliphatic rings. The monoisotopic (exact) mass is 302 g/mol. The first kappa shape index (κ1) is 14.0. The molecule has 4 rings (SSSR count). The van der Waals surface area contributed by atoms with Gasteiger partial charge < -0.3 is 9.84 Å². The summed E-state index contributed by atoms with van der Waals surface area (Å²) in [5, 5.41) is 16.9. The number of methoxy groups -OCH3 is 1. The predicted octanol–water partition coefficient (Wildman–Crippen LogP) is 4.96. The smallest absolute Gasteiger partial charge is 0.127 e. The molecular weight excluding hydrogens is 284 g/mol. The molecule has 0 aliphatic heterocycles. The number of aliphatic hydroxyl groups excluding tert-OH is 1. The van der Waals surface area contributed by atoms with Gasteiger partial charge in [0.05, 0.1) is 13.7 Å². The van der Waals surface area contributed by atoms with E-state index >= 15 is 0 Å². The van der Waals surface area contributed by atoms with E-state index in [0.717, 1.165) is 27.5 Å². The fourth-order valence-corrected chi connectivity index (χ4v) is 3.68. The van der Waals surface area contributed by atoms with E-state index in [1.54, 1.807) is 7.11 Å². The lowest BCUT2D eigenvalue weighted by Crippen LogP contribution is -1.95. The molecule has 0 aromatic heterocycles. The van der Waals surface area contributed by atoms with Gasteiger partial charge in [-0.25, -0.2) is 0 Å². The molecule has 114 valence electrons. The molecule has 2 nitrogen and oxygen atoms in total. The van der Waals surface area contributed by atoms with Crippen molar-refractivity contribution in [2.45, 2.75) is 13.5 Å². The minimum Gasteiger partial charge on any atom is -0.496 e. The number of aliphatic hydroxyl groups is 1. The molecule has 0 radical (unpaired) electrons. The van der Waals surface area contributed by atoms with Crippen molar-refractivity contribution in [2.24, 2.45) is 0 Å². The second kappa shape index (κ2) is 5.25. The third kappa shape index (κ3) is 1.92. The Kier molecular flexibility index (Phi) is 3.21. The first-order valence-electron chi connectivity index (χ1n) is 7.76. The molecule has 0 saturated carbocycles. The first-order chi connectivity index (χ1) is 11.3. The summed E-state index contributed by atoms with van der Waals surface area (Å²) in [6, 6.07) is 18.6. The summed E-state index contributed by atoms with van der Waals surface area (Å²) >= 11 is 0. The molecule has 0 fully saturated rings. The SMILES string of the molecule is COc1cc2c(CO)c3ccccc3c(C)c2c2ccccc12. The molecular formula is C21H18O2. The number of ether oxygens (including phenoxy) is 1. The lowest BCUT2D eigenvalue weighted by atomic mass is 9.89. The van der Waals surface area contributed by atoms with Crippen LogP contribution in [0.4, 0.5) is 0 Å². The van der Waals surface area contributed by atoms with E-state index in [-0.39, 0.29) is 6.61 Å². The number of fused-ring (bicyclic) bond motifs is 4. The molecule has 23 heavy (non-hydrogen) atoms. The van der Waals surface area contributed by atoms with Crippen LogP contribution in [-0.2, 0) is 6.61 Å². The van der Waals surface area contributed by atoms with E-state index in [4.69, 9.17) is 4.74 Å². The normalized spacial score (nSPS) is 11.4. The quantitative estimate of drug-likeness (QED) is 0.419. The van der Waals surface area contributed by atoms with E-state index in [2.05, 4.69) is 43.3 Å². The van der Waals surface area contributed by atoms with Gasteiger partial charge in [-0.1, -0.05) is 48.5 Å². The molecule has 0 saturated heterocycles. The van der Waals surface area contributed by atoms with Crippen LogP contribution in [0, 0.1) is 6.92 Å². The van der Waals surface area contributed by atoms with Crippen molar-refractivity contribution >= 4 is 32.3 Å². The third-order valence-electron chi connectivity index (χ3n) is 4.74. The molecule has 4 aromatic rings. The number of benzene rings is 4. The third-order valence-corrected chi connectivity index (χ3v) is 4.74. The van der Waals surface area contributed by atoms with Crippen LogP contribution in [0.5, 0.6) is 5.75 Å². The lowest BCUT2D eigenvalue weighted by Gasteiger charge is -2.17. The zero-order valence-corrected chi connectivity index (χ0v) is 13.3. The van der Waals surface area contributed by atoms with Crippen LogP contribution in [0.1, 0.15) is 11.1 Å². The number of hydrogen-bond donors (Lipinski definition) is 1. The van der Waals surface area contributed by atoms with Gasteiger partial charge >= 0.3 is 0 Å². The molecule has 0 amide bonds. The molecule has 0 spiro atoms. The highest BCUT2D eigenvalue weighted by Crippen LogP contribution is 2.40. The fourth-order valence-electron chi connectivity index (χ4n) is 3.68. The Balaban J connectivity index is 2.37. The second-order valence-corrected chi connectivity index (χ2v) is 5.85. The Labute approximate surface area is 134 Å². The van der Waals surface area contributed by atoms with Crippen molar-refractivity contribution in [2.75, 3.05) is 7.11 Å². The highest BCUT2D eigenvalue weighted by molar-refractivity contribution is 6.18. The van der Waals surface area contributed by atoms with Crippen molar-refractivity contribution in [1.29, 1.82) is 0 Å². The van der Waals surface area contributed by atoms with Gasteiger partial charge in [-0.05, 0) is 51.0 Å². The fraction of sp³-hybridized carbons (Fsp3) is 0.143. The van der Waals surface area contributed by atoms with Crippen LogP contribution in [0.2, 0.25) is 0 Å². The molecule has 1 N–H and O–H groups in total. The second-order valence-electron chi connectivity index (χ2n) is 5.85. The number of rotatable bonds is 2. The molecule has 0 bridgehead atoms. The zero-order valence-electron chi connectivity index (χ0n) is 13.3. The molecule has 0 atom stereocenters. The summed E-state index contributed by atoms with van der Waals surface area (Å²) in [5.74, 6) is 0.845. The Hall–Kier alpha value is -2.58. The van der Waals surface area contributed by atoms with Crippen LogP contribution in [0.3, 0.4) is 0 Å². The molecule has 2 heteroatoms. The average Bonchev–Trinajstić information content (AvgIpc) is 2.61. The Bertz CT molecular complexity index is 1050. The Morgan fingerprint density at radius 2 is 1.43 bits per heavy atom. The van der Waals surface area contributed by atoms with E-state index in [1.807, 2.05) is 18.2 Å². The van der Waals surface area contributed by atoms with Crippen molar-refractivity contribution in [3.05, 3.63) is 65.7 Å². The summed E-state index contributed by atoms with van der Waals surface area (Å²) in [7, 11) is 1.69. The molecule has 0 aliphatic carbocycles. The van der Waals surface area contributed by atoms with Gasteiger partial charge in [0.15, 0.2) is 0 Å². The van der Waals surface area contributed by atoms with E-state index in [9.17, 15) is 5.11 Å². The lowest BCUT2D eigenvalue weighted by molar-refractivity contribution is 0.285. The van der Waals surface area contributed by atoms with Gasteiger partial charge in [0.1, 0.15) is 5.75 Å². The average molecular weight is 302 g/mol. The zero-order chi connectivity index (χ0) is 16.0. The van der Waals surface area contributed by atoms with Gasteiger partial charge in [0.2, 0.25) is 0 Å². The van der Waals surface area contributed by atoms with Crippen molar-refractivity contribution in [3.8, 4) is 5.75 Å². The van der Waals surface area contributed by atoms with Crippen molar-refractivity contribution in [1.82, 2.24) is 0 Å². The molecule has 0 heterocycles. The summed E-state index contributed by atoms with van der Waals surface area (Å²) in [5.41, 5.74) is 2.21. The van der Waals surface area contributed by atoms with E-state index in [1.165, 1.54) is 21.7 Å². The van der Waals surface area contributed by atoms with Crippen molar-refractivity contribution in [3.63, 3.8) is 0 Å². The van der Waals surface area contributed by atoms with Gasteiger partial charge in [-0.15, -0.1) is 0 Å². The Morgan fingerprint density at radius 3 is 2.09 bits per heavy atom. The highest BCUT2D eigenvalue weighted by Gasteiger charge is 2.15. The highest BCUT2D eigenvalue weighted by atomic mass is 16.5. The maximum atomic E-state index is 10.0. The number of hydrogen-bond acceptors (Lipinski definition) is 2. The van der Waals surface area contributed by atoms with Crippen LogP contribution in [0.15, 0.2) is 54.6 Å². The predicted molar refractivity (Wildman–Crippen MR) is 96.2 cm³/mol. The molecule has 0 unspecified atom stereocenters.